The smallest absolute Gasteiger partial charge is 0.195 e. The van der Waals surface area contributed by atoms with Gasteiger partial charge in [0, 0.05) is 36.2 Å². The Bertz CT molecular complexity index is 651. The number of nitrogens with one attached hydrogen (secondary N) is 1. The number of thiazole rings is 1. The van der Waals surface area contributed by atoms with Crippen LogP contribution in [0.2, 0.25) is 0 Å². The minimum atomic E-state index is 0.126. The fourth-order valence-electron chi connectivity index (χ4n) is 3.75. The first kappa shape index (κ1) is 13.6. The number of fused-ring (bicyclic) bond motifs is 3. The summed E-state index contributed by atoms with van der Waals surface area (Å²) in [7, 11) is 0. The van der Waals surface area contributed by atoms with Gasteiger partial charge in [-0.2, -0.15) is 0 Å². The van der Waals surface area contributed by atoms with Crippen molar-refractivity contribution in [1.82, 2.24) is 14.7 Å². The molecule has 2 fully saturated rings. The summed E-state index contributed by atoms with van der Waals surface area (Å²) in [5.74, 6) is 2.13. The molecular weight excluding hydrogens is 280 g/mol. The van der Waals surface area contributed by atoms with E-state index in [1.807, 2.05) is 0 Å². The molecule has 1 aliphatic carbocycles. The van der Waals surface area contributed by atoms with E-state index in [4.69, 9.17) is 4.98 Å². The van der Waals surface area contributed by atoms with Gasteiger partial charge < -0.3 is 10.2 Å². The molecule has 1 N–H and O–H groups in total. The van der Waals surface area contributed by atoms with Crippen molar-refractivity contribution in [1.29, 1.82) is 0 Å². The maximum atomic E-state index is 4.94. The Balaban J connectivity index is 1.69. The lowest BCUT2D eigenvalue weighted by Gasteiger charge is -2.29. The Morgan fingerprint density at radius 1 is 1.38 bits per heavy atom. The van der Waals surface area contributed by atoms with Gasteiger partial charge in [-0.15, -0.1) is 11.3 Å². The molecule has 2 atom stereocenters. The van der Waals surface area contributed by atoms with Gasteiger partial charge in [-0.05, 0) is 46.0 Å². The normalized spacial score (nSPS) is 25.4. The number of rotatable bonds is 3. The van der Waals surface area contributed by atoms with E-state index < -0.39 is 0 Å². The molecule has 1 aliphatic heterocycles. The summed E-state index contributed by atoms with van der Waals surface area (Å²) in [6.45, 7) is 8.74. The van der Waals surface area contributed by atoms with Crippen molar-refractivity contribution >= 4 is 22.1 Å². The van der Waals surface area contributed by atoms with Crippen LogP contribution in [0.25, 0.3) is 4.96 Å². The summed E-state index contributed by atoms with van der Waals surface area (Å²) >= 11 is 1.73. The Hall–Kier alpha value is -1.07. The SMILES string of the molecule is CC(C)(C)NCc1c(N2CC3CCC2C3)nc2sccn12. The quantitative estimate of drug-likeness (QED) is 0.944. The van der Waals surface area contributed by atoms with Crippen molar-refractivity contribution in [2.75, 3.05) is 11.4 Å². The van der Waals surface area contributed by atoms with E-state index in [1.165, 1.54) is 37.3 Å². The molecule has 2 unspecified atom stereocenters. The van der Waals surface area contributed by atoms with E-state index in [1.54, 1.807) is 11.3 Å². The first-order valence-corrected chi connectivity index (χ1v) is 8.85. The molecule has 21 heavy (non-hydrogen) atoms. The topological polar surface area (TPSA) is 32.6 Å². The van der Waals surface area contributed by atoms with Crippen LogP contribution < -0.4 is 10.2 Å². The molecular formula is C16H24N4S. The van der Waals surface area contributed by atoms with Crippen molar-refractivity contribution < 1.29 is 0 Å². The summed E-state index contributed by atoms with van der Waals surface area (Å²) in [5.41, 5.74) is 1.45. The molecule has 3 heterocycles. The van der Waals surface area contributed by atoms with Crippen molar-refractivity contribution in [2.24, 2.45) is 5.92 Å². The standard InChI is InChI=1S/C16H24N4S/c1-16(2,3)17-9-13-14(18-15-19(13)6-7-21-15)20-10-11-4-5-12(20)8-11/h6-7,11-12,17H,4-5,8-10H2,1-3H3. The average molecular weight is 304 g/mol. The molecule has 2 bridgehead atoms. The predicted octanol–water partition coefficient (Wildman–Crippen LogP) is 3.27. The number of nitrogens with zero attached hydrogens (tertiary/aromatic N) is 3. The lowest BCUT2D eigenvalue weighted by Crippen LogP contribution is -2.37. The van der Waals surface area contributed by atoms with Crippen LogP contribution in [0.1, 0.15) is 45.7 Å². The van der Waals surface area contributed by atoms with Crippen LogP contribution in [0.15, 0.2) is 11.6 Å². The second kappa shape index (κ2) is 4.71. The van der Waals surface area contributed by atoms with Gasteiger partial charge >= 0.3 is 0 Å². The Morgan fingerprint density at radius 2 is 2.24 bits per heavy atom. The van der Waals surface area contributed by atoms with Crippen molar-refractivity contribution in [3.05, 3.63) is 17.3 Å². The number of hydrogen-bond donors (Lipinski definition) is 1. The fraction of sp³-hybridized carbons (Fsp3) is 0.688. The summed E-state index contributed by atoms with van der Waals surface area (Å²) in [5, 5.41) is 5.76. The lowest BCUT2D eigenvalue weighted by molar-refractivity contribution is 0.420. The van der Waals surface area contributed by atoms with Crippen molar-refractivity contribution in [3.63, 3.8) is 0 Å². The minimum absolute atomic E-state index is 0.126. The maximum Gasteiger partial charge on any atom is 0.195 e. The highest BCUT2D eigenvalue weighted by Crippen LogP contribution is 2.41. The third kappa shape index (κ3) is 2.36. The molecule has 0 amide bonds. The van der Waals surface area contributed by atoms with Gasteiger partial charge in [-0.25, -0.2) is 4.98 Å². The number of anilines is 1. The monoisotopic (exact) mass is 304 g/mol. The summed E-state index contributed by atoms with van der Waals surface area (Å²) < 4.78 is 2.27. The molecule has 4 nitrogen and oxygen atoms in total. The zero-order valence-electron chi connectivity index (χ0n) is 13.1. The van der Waals surface area contributed by atoms with Crippen LogP contribution in [0.3, 0.4) is 0 Å². The first-order valence-electron chi connectivity index (χ1n) is 7.97. The molecule has 114 valence electrons. The van der Waals surface area contributed by atoms with Crippen LogP contribution in [-0.2, 0) is 6.54 Å². The Kier molecular flexibility index (Phi) is 3.05. The number of aromatic nitrogens is 2. The third-order valence-electron chi connectivity index (χ3n) is 4.81. The lowest BCUT2D eigenvalue weighted by atomic mass is 10.1. The molecule has 0 spiro atoms. The highest BCUT2D eigenvalue weighted by molar-refractivity contribution is 7.15. The number of hydrogen-bond acceptors (Lipinski definition) is 4. The molecule has 5 heteroatoms. The van der Waals surface area contributed by atoms with E-state index in [2.05, 4.69) is 47.0 Å². The van der Waals surface area contributed by atoms with E-state index >= 15 is 0 Å². The van der Waals surface area contributed by atoms with Gasteiger partial charge in [0.2, 0.25) is 0 Å². The molecule has 0 aromatic carbocycles. The largest absolute Gasteiger partial charge is 0.352 e. The third-order valence-corrected chi connectivity index (χ3v) is 5.56. The first-order chi connectivity index (χ1) is 10.0. The van der Waals surface area contributed by atoms with Gasteiger partial charge in [0.15, 0.2) is 10.8 Å². The minimum Gasteiger partial charge on any atom is -0.352 e. The average Bonchev–Trinajstić information content (AvgIpc) is 3.15. The molecule has 2 aliphatic rings. The fourth-order valence-corrected chi connectivity index (χ4v) is 4.48. The van der Waals surface area contributed by atoms with Crippen LogP contribution in [0.4, 0.5) is 5.82 Å². The molecule has 2 aromatic heterocycles. The van der Waals surface area contributed by atoms with E-state index in [-0.39, 0.29) is 5.54 Å². The Morgan fingerprint density at radius 3 is 2.90 bits per heavy atom. The zero-order valence-corrected chi connectivity index (χ0v) is 13.9. The van der Waals surface area contributed by atoms with E-state index in [0.29, 0.717) is 0 Å². The summed E-state index contributed by atoms with van der Waals surface area (Å²) in [6.07, 6.45) is 6.29. The Labute approximate surface area is 130 Å². The van der Waals surface area contributed by atoms with Crippen molar-refractivity contribution in [3.8, 4) is 0 Å². The molecule has 4 rings (SSSR count). The van der Waals surface area contributed by atoms with E-state index in [9.17, 15) is 0 Å². The van der Waals surface area contributed by atoms with Gasteiger partial charge in [0.25, 0.3) is 0 Å². The highest BCUT2D eigenvalue weighted by Gasteiger charge is 2.40. The number of imidazole rings is 1. The van der Waals surface area contributed by atoms with Gasteiger partial charge in [0.05, 0.1) is 5.69 Å². The second-order valence-corrected chi connectivity index (χ2v) is 8.40. The van der Waals surface area contributed by atoms with Crippen LogP contribution in [0.5, 0.6) is 0 Å². The summed E-state index contributed by atoms with van der Waals surface area (Å²) in [4.78, 5) is 8.64. The van der Waals surface area contributed by atoms with Gasteiger partial charge in [-0.1, -0.05) is 0 Å². The van der Waals surface area contributed by atoms with E-state index in [0.717, 1.165) is 23.5 Å². The van der Waals surface area contributed by atoms with Crippen molar-refractivity contribution in [2.45, 2.75) is 58.2 Å². The zero-order chi connectivity index (χ0) is 14.6. The molecule has 1 saturated carbocycles. The summed E-state index contributed by atoms with van der Waals surface area (Å²) in [6, 6.07) is 0.730. The highest BCUT2D eigenvalue weighted by atomic mass is 32.1. The molecule has 0 radical (unpaired) electrons. The van der Waals surface area contributed by atoms with Crippen LogP contribution in [-0.4, -0.2) is 27.5 Å². The maximum absolute atomic E-state index is 4.94. The molecule has 1 saturated heterocycles. The van der Waals surface area contributed by atoms with Gasteiger partial charge in [0.1, 0.15) is 0 Å². The van der Waals surface area contributed by atoms with Crippen LogP contribution in [0, 0.1) is 5.92 Å². The molecule has 2 aromatic rings. The van der Waals surface area contributed by atoms with Crippen LogP contribution >= 0.6 is 11.3 Å². The second-order valence-electron chi connectivity index (χ2n) is 7.53. The predicted molar refractivity (Wildman–Crippen MR) is 88.1 cm³/mol. The number of piperidine rings is 1. The van der Waals surface area contributed by atoms with Gasteiger partial charge in [-0.3, -0.25) is 4.40 Å².